The van der Waals surface area contributed by atoms with E-state index < -0.39 is 0 Å². The van der Waals surface area contributed by atoms with Gasteiger partial charge in [-0.25, -0.2) is 0 Å². The summed E-state index contributed by atoms with van der Waals surface area (Å²) < 4.78 is 5.14. The molecular formula is C11H18ClNOS. The second-order valence-corrected chi connectivity index (χ2v) is 3.99. The van der Waals surface area contributed by atoms with Crippen LogP contribution in [-0.4, -0.2) is 25.7 Å². The minimum absolute atomic E-state index is 0. The van der Waals surface area contributed by atoms with E-state index in [-0.39, 0.29) is 12.4 Å². The first-order valence-electron chi connectivity index (χ1n) is 4.73. The Labute approximate surface area is 102 Å². The highest BCUT2D eigenvalue weighted by Crippen LogP contribution is 2.16. The van der Waals surface area contributed by atoms with E-state index in [1.165, 1.54) is 12.2 Å². The van der Waals surface area contributed by atoms with Crippen molar-refractivity contribution in [1.29, 1.82) is 0 Å². The molecule has 0 atom stereocenters. The summed E-state index contributed by atoms with van der Waals surface area (Å²) in [7, 11) is 1.69. The Balaban J connectivity index is 0.00000196. The first-order valence-corrected chi connectivity index (χ1v) is 6.13. The number of rotatable bonds is 6. The van der Waals surface area contributed by atoms with E-state index in [2.05, 4.69) is 17.6 Å². The Hall–Kier alpha value is -0.540. The highest BCUT2D eigenvalue weighted by atomic mass is 35.5. The minimum atomic E-state index is 0. The lowest BCUT2D eigenvalue weighted by Crippen LogP contribution is -2.02. The number of halogens is 1. The zero-order valence-electron chi connectivity index (χ0n) is 9.16. The van der Waals surface area contributed by atoms with Gasteiger partial charge in [-0.2, -0.15) is 11.8 Å². The van der Waals surface area contributed by atoms with Crippen LogP contribution in [-0.2, 0) is 0 Å². The molecule has 0 unspecified atom stereocenters. The number of benzene rings is 1. The van der Waals surface area contributed by atoms with Crippen LogP contribution < -0.4 is 10.1 Å². The largest absolute Gasteiger partial charge is 0.497 e. The van der Waals surface area contributed by atoms with Gasteiger partial charge in [0.2, 0.25) is 0 Å². The number of ether oxygens (including phenoxy) is 1. The Morgan fingerprint density at radius 2 is 2.20 bits per heavy atom. The topological polar surface area (TPSA) is 21.3 Å². The van der Waals surface area contributed by atoms with Crippen molar-refractivity contribution in [2.24, 2.45) is 0 Å². The van der Waals surface area contributed by atoms with E-state index in [0.717, 1.165) is 18.0 Å². The van der Waals surface area contributed by atoms with E-state index >= 15 is 0 Å². The van der Waals surface area contributed by atoms with Crippen molar-refractivity contribution in [2.45, 2.75) is 6.42 Å². The second kappa shape index (κ2) is 8.74. The number of anilines is 1. The Morgan fingerprint density at radius 1 is 1.40 bits per heavy atom. The molecule has 1 N–H and O–H groups in total. The predicted octanol–water partition coefficient (Wildman–Crippen LogP) is 3.28. The number of nitrogens with one attached hydrogen (secondary N) is 1. The fourth-order valence-corrected chi connectivity index (χ4v) is 1.62. The Kier molecular flexibility index (Phi) is 8.43. The zero-order valence-corrected chi connectivity index (χ0v) is 10.8. The molecule has 0 radical (unpaired) electrons. The summed E-state index contributed by atoms with van der Waals surface area (Å²) in [6.45, 7) is 1.02. The molecule has 1 aromatic carbocycles. The molecule has 0 aromatic heterocycles. The highest BCUT2D eigenvalue weighted by molar-refractivity contribution is 7.98. The first kappa shape index (κ1) is 14.5. The van der Waals surface area contributed by atoms with Crippen LogP contribution in [0.2, 0.25) is 0 Å². The molecule has 0 aliphatic rings. The molecule has 0 bridgehead atoms. The number of thioether (sulfide) groups is 1. The molecule has 0 fully saturated rings. The molecule has 4 heteroatoms. The van der Waals surface area contributed by atoms with E-state index in [0.29, 0.717) is 0 Å². The van der Waals surface area contributed by atoms with Crippen LogP contribution in [0.5, 0.6) is 5.75 Å². The Morgan fingerprint density at radius 3 is 2.87 bits per heavy atom. The lowest BCUT2D eigenvalue weighted by Gasteiger charge is -2.07. The number of hydrogen-bond donors (Lipinski definition) is 1. The minimum Gasteiger partial charge on any atom is -0.497 e. The van der Waals surface area contributed by atoms with Gasteiger partial charge in [0, 0.05) is 18.3 Å². The molecular weight excluding hydrogens is 230 g/mol. The third-order valence-corrected chi connectivity index (χ3v) is 2.62. The van der Waals surface area contributed by atoms with E-state index in [1.54, 1.807) is 7.11 Å². The standard InChI is InChI=1S/C11H17NOS.ClH/c1-13-11-6-3-5-10(9-11)12-7-4-8-14-2;/h3,5-6,9,12H,4,7-8H2,1-2H3;1H. The Bertz CT molecular complexity index is 271. The summed E-state index contributed by atoms with van der Waals surface area (Å²) in [5.74, 6) is 2.11. The van der Waals surface area contributed by atoms with Gasteiger partial charge in [-0.05, 0) is 30.6 Å². The van der Waals surface area contributed by atoms with Crippen molar-refractivity contribution in [3.8, 4) is 5.75 Å². The van der Waals surface area contributed by atoms with Crippen LogP contribution in [0.1, 0.15) is 6.42 Å². The third-order valence-electron chi connectivity index (χ3n) is 1.92. The van der Waals surface area contributed by atoms with E-state index in [4.69, 9.17) is 4.74 Å². The highest BCUT2D eigenvalue weighted by Gasteiger charge is 1.93. The van der Waals surface area contributed by atoms with E-state index in [1.807, 2.05) is 30.0 Å². The van der Waals surface area contributed by atoms with Crippen LogP contribution >= 0.6 is 24.2 Å². The van der Waals surface area contributed by atoms with Crippen LogP contribution in [0.15, 0.2) is 24.3 Å². The van der Waals surface area contributed by atoms with Gasteiger partial charge in [-0.3, -0.25) is 0 Å². The summed E-state index contributed by atoms with van der Waals surface area (Å²) >= 11 is 1.88. The quantitative estimate of drug-likeness (QED) is 0.780. The summed E-state index contributed by atoms with van der Waals surface area (Å²) in [6.07, 6.45) is 3.32. The van der Waals surface area contributed by atoms with Gasteiger partial charge in [0.05, 0.1) is 7.11 Å². The maximum Gasteiger partial charge on any atom is 0.120 e. The van der Waals surface area contributed by atoms with Crippen molar-refractivity contribution in [3.63, 3.8) is 0 Å². The van der Waals surface area contributed by atoms with Gasteiger partial charge in [0.1, 0.15) is 5.75 Å². The summed E-state index contributed by atoms with van der Waals surface area (Å²) in [5, 5.41) is 3.36. The fraction of sp³-hybridized carbons (Fsp3) is 0.455. The molecule has 2 nitrogen and oxygen atoms in total. The normalized spacial score (nSPS) is 9.20. The zero-order chi connectivity index (χ0) is 10.2. The van der Waals surface area contributed by atoms with Crippen molar-refractivity contribution >= 4 is 29.9 Å². The molecule has 0 aliphatic heterocycles. The SMILES string of the molecule is COc1cccc(NCCCSC)c1.Cl. The van der Waals surface area contributed by atoms with Gasteiger partial charge < -0.3 is 10.1 Å². The molecule has 1 aromatic rings. The summed E-state index contributed by atoms with van der Waals surface area (Å²) in [4.78, 5) is 0. The van der Waals surface area contributed by atoms with Crippen molar-refractivity contribution in [3.05, 3.63) is 24.3 Å². The second-order valence-electron chi connectivity index (χ2n) is 3.01. The average molecular weight is 248 g/mol. The predicted molar refractivity (Wildman–Crippen MR) is 71.7 cm³/mol. The fourth-order valence-electron chi connectivity index (χ4n) is 1.18. The molecule has 0 aliphatic carbocycles. The molecule has 0 heterocycles. The van der Waals surface area contributed by atoms with Crippen molar-refractivity contribution in [1.82, 2.24) is 0 Å². The molecule has 0 saturated heterocycles. The number of methoxy groups -OCH3 is 1. The van der Waals surface area contributed by atoms with Crippen LogP contribution in [0.25, 0.3) is 0 Å². The van der Waals surface area contributed by atoms with Gasteiger partial charge >= 0.3 is 0 Å². The number of hydrogen-bond acceptors (Lipinski definition) is 3. The molecule has 1 rings (SSSR count). The molecule has 0 spiro atoms. The molecule has 0 amide bonds. The molecule has 0 saturated carbocycles. The average Bonchev–Trinajstić information content (AvgIpc) is 2.25. The van der Waals surface area contributed by atoms with Crippen molar-refractivity contribution < 1.29 is 4.74 Å². The van der Waals surface area contributed by atoms with Gasteiger partial charge in [-0.1, -0.05) is 6.07 Å². The van der Waals surface area contributed by atoms with E-state index in [9.17, 15) is 0 Å². The first-order chi connectivity index (χ1) is 6.86. The maximum atomic E-state index is 5.14. The van der Waals surface area contributed by atoms with Crippen LogP contribution in [0.3, 0.4) is 0 Å². The summed E-state index contributed by atoms with van der Waals surface area (Å²) in [6, 6.07) is 8.02. The third kappa shape index (κ3) is 5.80. The summed E-state index contributed by atoms with van der Waals surface area (Å²) in [5.41, 5.74) is 1.13. The van der Waals surface area contributed by atoms with Crippen LogP contribution in [0, 0.1) is 0 Å². The van der Waals surface area contributed by atoms with Crippen molar-refractivity contribution in [2.75, 3.05) is 31.0 Å². The maximum absolute atomic E-state index is 5.14. The van der Waals surface area contributed by atoms with Crippen LogP contribution in [0.4, 0.5) is 5.69 Å². The van der Waals surface area contributed by atoms with Gasteiger partial charge in [-0.15, -0.1) is 12.4 Å². The monoisotopic (exact) mass is 247 g/mol. The van der Waals surface area contributed by atoms with Gasteiger partial charge in [0.25, 0.3) is 0 Å². The molecule has 86 valence electrons. The lowest BCUT2D eigenvalue weighted by atomic mass is 10.3. The molecule has 15 heavy (non-hydrogen) atoms. The lowest BCUT2D eigenvalue weighted by molar-refractivity contribution is 0.415. The smallest absolute Gasteiger partial charge is 0.120 e. The van der Waals surface area contributed by atoms with Gasteiger partial charge in [0.15, 0.2) is 0 Å².